The number of rotatable bonds is 10. The summed E-state index contributed by atoms with van der Waals surface area (Å²) in [6.07, 6.45) is 13.1. The number of hydrogen-bond acceptors (Lipinski definition) is 7. The van der Waals surface area contributed by atoms with Gasteiger partial charge in [0.1, 0.15) is 0 Å². The number of hydrogen-bond donors (Lipinski definition) is 0. The molecule has 166 valence electrons. The first-order chi connectivity index (χ1) is 14.7. The van der Waals surface area contributed by atoms with Gasteiger partial charge in [0, 0.05) is 62.3 Å². The zero-order valence-corrected chi connectivity index (χ0v) is 19.5. The minimum absolute atomic E-state index is 0.0422. The van der Waals surface area contributed by atoms with Crippen molar-refractivity contribution in [1.29, 1.82) is 10.5 Å². The molecule has 30 heavy (non-hydrogen) atoms. The third-order valence-corrected chi connectivity index (χ3v) is 8.64. The molecule has 0 spiro atoms. The molecule has 3 rings (SSSR count). The van der Waals surface area contributed by atoms with E-state index in [9.17, 15) is 4.79 Å². The average Bonchev–Trinajstić information content (AvgIpc) is 3.14. The second-order valence-electron chi connectivity index (χ2n) is 8.33. The molecule has 1 aliphatic heterocycles. The quantitative estimate of drug-likeness (QED) is 0.436. The van der Waals surface area contributed by atoms with Crippen LogP contribution in [0.1, 0.15) is 77.0 Å². The van der Waals surface area contributed by atoms with Crippen LogP contribution in [0.5, 0.6) is 0 Å². The number of nitriles is 2. The molecule has 2 amide bonds. The summed E-state index contributed by atoms with van der Waals surface area (Å²) in [5.74, 6) is 0. The summed E-state index contributed by atoms with van der Waals surface area (Å²) in [6.45, 7) is 2.81. The lowest BCUT2D eigenvalue weighted by Crippen LogP contribution is -2.38. The van der Waals surface area contributed by atoms with E-state index in [1.54, 1.807) is 0 Å². The lowest BCUT2D eigenvalue weighted by molar-refractivity contribution is 0.221. The Kier molecular flexibility index (Phi) is 9.93. The molecule has 9 heteroatoms. The fourth-order valence-corrected chi connectivity index (χ4v) is 6.80. The van der Waals surface area contributed by atoms with Crippen molar-refractivity contribution in [2.45, 2.75) is 89.1 Å². The van der Waals surface area contributed by atoms with Gasteiger partial charge in [-0.05, 0) is 25.7 Å². The van der Waals surface area contributed by atoms with Crippen LogP contribution in [0.25, 0.3) is 0 Å². The van der Waals surface area contributed by atoms with Crippen LogP contribution in [0.2, 0.25) is 0 Å². The Bertz CT molecular complexity index is 572. The Morgan fingerprint density at radius 3 is 1.53 bits per heavy atom. The van der Waals surface area contributed by atoms with Gasteiger partial charge in [-0.1, -0.05) is 38.5 Å². The van der Waals surface area contributed by atoms with E-state index in [0.717, 1.165) is 25.7 Å². The summed E-state index contributed by atoms with van der Waals surface area (Å²) < 4.78 is 8.29. The van der Waals surface area contributed by atoms with E-state index in [4.69, 9.17) is 10.5 Å². The molecule has 2 saturated carbocycles. The molecule has 1 saturated heterocycles. The van der Waals surface area contributed by atoms with Gasteiger partial charge in [-0.3, -0.25) is 8.61 Å². The van der Waals surface area contributed by atoms with E-state index in [0.29, 0.717) is 51.1 Å². The molecule has 0 aromatic heterocycles. The molecule has 0 radical (unpaired) electrons. The minimum Gasteiger partial charge on any atom is -0.252 e. The predicted molar refractivity (Wildman–Crippen MR) is 122 cm³/mol. The Morgan fingerprint density at radius 1 is 0.767 bits per heavy atom. The topological polar surface area (TPSA) is 77.6 Å². The van der Waals surface area contributed by atoms with Crippen molar-refractivity contribution in [2.75, 3.05) is 26.2 Å². The average molecular weight is 451 g/mol. The molecule has 0 bridgehead atoms. The predicted octanol–water partition coefficient (Wildman–Crippen LogP) is 4.95. The maximum absolute atomic E-state index is 13.1. The zero-order chi connectivity index (χ0) is 21.2. The first-order valence-electron chi connectivity index (χ1n) is 11.5. The van der Waals surface area contributed by atoms with Gasteiger partial charge in [0.25, 0.3) is 0 Å². The van der Waals surface area contributed by atoms with Gasteiger partial charge in [0.05, 0.1) is 25.2 Å². The van der Waals surface area contributed by atoms with Crippen LogP contribution in [0.3, 0.4) is 0 Å². The number of nitrogens with zero attached hydrogens (tertiary/aromatic N) is 6. The normalized spacial score (nSPS) is 21.4. The second-order valence-corrected chi connectivity index (χ2v) is 10.5. The third kappa shape index (κ3) is 6.68. The van der Waals surface area contributed by atoms with E-state index in [1.165, 1.54) is 62.8 Å². The SMILES string of the molecule is N#CCCN(SN1CCN(SN(CCC#N)C2CCCCC2)C1=O)C1CCCCC1. The summed E-state index contributed by atoms with van der Waals surface area (Å²) in [7, 11) is 0. The van der Waals surface area contributed by atoms with E-state index in [2.05, 4.69) is 20.7 Å². The van der Waals surface area contributed by atoms with Gasteiger partial charge in [0.2, 0.25) is 0 Å². The van der Waals surface area contributed by atoms with Crippen LogP contribution in [0.4, 0.5) is 4.79 Å². The maximum atomic E-state index is 13.1. The van der Waals surface area contributed by atoms with Crippen molar-refractivity contribution in [2.24, 2.45) is 0 Å². The molecular formula is C21H34N6OS2. The van der Waals surface area contributed by atoms with Crippen molar-refractivity contribution < 1.29 is 4.79 Å². The first-order valence-corrected chi connectivity index (χ1v) is 12.9. The summed E-state index contributed by atoms with van der Waals surface area (Å²) in [4.78, 5) is 13.1. The van der Waals surface area contributed by atoms with Crippen LogP contribution in [-0.2, 0) is 0 Å². The molecule has 0 N–H and O–H groups in total. The van der Waals surface area contributed by atoms with Crippen molar-refractivity contribution in [3.63, 3.8) is 0 Å². The molecular weight excluding hydrogens is 416 g/mol. The summed E-state index contributed by atoms with van der Waals surface area (Å²) in [5, 5.41) is 18.1. The molecule has 3 fully saturated rings. The highest BCUT2D eigenvalue weighted by Gasteiger charge is 2.36. The van der Waals surface area contributed by atoms with Crippen molar-refractivity contribution in [1.82, 2.24) is 17.2 Å². The van der Waals surface area contributed by atoms with Gasteiger partial charge < -0.3 is 0 Å². The number of urea groups is 1. The number of carbonyl (C=O) groups excluding carboxylic acids is 1. The fraction of sp³-hybridized carbons (Fsp3) is 0.857. The van der Waals surface area contributed by atoms with Crippen LogP contribution in [-0.4, -0.2) is 61.5 Å². The lowest BCUT2D eigenvalue weighted by Gasteiger charge is -2.35. The van der Waals surface area contributed by atoms with Crippen LogP contribution in [0, 0.1) is 22.7 Å². The Morgan fingerprint density at radius 2 is 1.17 bits per heavy atom. The van der Waals surface area contributed by atoms with Crippen LogP contribution < -0.4 is 0 Å². The standard InChI is InChI=1S/C21H34N6OS2/c22-13-7-15-24(19-9-3-1-4-10-19)29-26-17-18-27(21(26)28)30-25(16-8-14-23)20-11-5-2-6-12-20/h19-20H,1-12,15-18H2. The fourth-order valence-electron chi connectivity index (χ4n) is 4.54. The largest absolute Gasteiger partial charge is 0.342 e. The molecule has 0 aromatic rings. The van der Waals surface area contributed by atoms with Gasteiger partial charge in [-0.25, -0.2) is 13.4 Å². The minimum atomic E-state index is 0.0422. The van der Waals surface area contributed by atoms with Gasteiger partial charge in [0.15, 0.2) is 0 Å². The molecule has 2 aliphatic carbocycles. The summed E-state index contributed by atoms with van der Waals surface area (Å²) in [6, 6.07) is 5.48. The van der Waals surface area contributed by atoms with E-state index in [1.807, 2.05) is 8.61 Å². The molecule has 1 heterocycles. The highest BCUT2D eigenvalue weighted by atomic mass is 32.2. The van der Waals surface area contributed by atoms with Gasteiger partial charge in [-0.15, -0.1) is 0 Å². The van der Waals surface area contributed by atoms with Crippen molar-refractivity contribution >= 4 is 30.3 Å². The zero-order valence-electron chi connectivity index (χ0n) is 17.9. The van der Waals surface area contributed by atoms with Gasteiger partial charge in [-0.2, -0.15) is 10.5 Å². The van der Waals surface area contributed by atoms with Crippen molar-refractivity contribution in [3.8, 4) is 12.1 Å². The Hall–Kier alpha value is -1.13. The first kappa shape index (κ1) is 23.5. The van der Waals surface area contributed by atoms with Gasteiger partial charge >= 0.3 is 6.03 Å². The molecule has 0 atom stereocenters. The summed E-state index contributed by atoms with van der Waals surface area (Å²) in [5.41, 5.74) is 0. The lowest BCUT2D eigenvalue weighted by atomic mass is 9.95. The third-order valence-electron chi connectivity index (χ3n) is 6.19. The van der Waals surface area contributed by atoms with Crippen molar-refractivity contribution in [3.05, 3.63) is 0 Å². The molecule has 0 unspecified atom stereocenters. The number of amides is 2. The monoisotopic (exact) mass is 450 g/mol. The molecule has 0 aromatic carbocycles. The summed E-state index contributed by atoms with van der Waals surface area (Å²) >= 11 is 3.06. The highest BCUT2D eigenvalue weighted by Crippen LogP contribution is 2.35. The van der Waals surface area contributed by atoms with Crippen LogP contribution in [0.15, 0.2) is 0 Å². The molecule has 7 nitrogen and oxygen atoms in total. The Labute approximate surface area is 190 Å². The van der Waals surface area contributed by atoms with E-state index < -0.39 is 0 Å². The van der Waals surface area contributed by atoms with Crippen LogP contribution >= 0.6 is 24.3 Å². The second kappa shape index (κ2) is 12.7. The highest BCUT2D eigenvalue weighted by molar-refractivity contribution is 7.96. The van der Waals surface area contributed by atoms with E-state index >= 15 is 0 Å². The number of carbonyl (C=O) groups is 1. The smallest absolute Gasteiger partial charge is 0.252 e. The molecule has 3 aliphatic rings. The Balaban J connectivity index is 1.57. The van der Waals surface area contributed by atoms with E-state index in [-0.39, 0.29) is 6.03 Å². The maximum Gasteiger partial charge on any atom is 0.342 e.